The number of phenolic OH excluding ortho intramolecular Hbond substituents is 1. The summed E-state index contributed by atoms with van der Waals surface area (Å²) < 4.78 is 32.4. The summed E-state index contributed by atoms with van der Waals surface area (Å²) in [6.07, 6.45) is 1.57. The summed E-state index contributed by atoms with van der Waals surface area (Å²) in [5.41, 5.74) is 0.582. The summed E-state index contributed by atoms with van der Waals surface area (Å²) in [5, 5.41) is 10.6. The molecule has 0 spiro atoms. The van der Waals surface area contributed by atoms with Crippen molar-refractivity contribution in [2.45, 2.75) is 70.4 Å². The average molecular weight is 484 g/mol. The molecular weight excluding hydrogens is 449 g/mol. The van der Waals surface area contributed by atoms with E-state index in [9.17, 15) is 14.3 Å². The molecule has 0 radical (unpaired) electrons. The van der Waals surface area contributed by atoms with Crippen LogP contribution in [-0.2, 0) is 15.9 Å². The Hall–Kier alpha value is -2.80. The predicted octanol–water partition coefficient (Wildman–Crippen LogP) is 5.63. The zero-order valence-corrected chi connectivity index (χ0v) is 20.8. The number of nitrogens with zero attached hydrogens (tertiary/aromatic N) is 1. The van der Waals surface area contributed by atoms with Gasteiger partial charge in [-0.15, -0.1) is 0 Å². The Bertz CT molecular complexity index is 1100. The van der Waals surface area contributed by atoms with Crippen molar-refractivity contribution in [3.05, 3.63) is 59.4 Å². The van der Waals surface area contributed by atoms with Crippen LogP contribution >= 0.6 is 0 Å². The second-order valence-corrected chi connectivity index (χ2v) is 11.3. The normalized spacial score (nSPS) is 29.9. The van der Waals surface area contributed by atoms with E-state index in [1.54, 1.807) is 23.1 Å². The number of ether oxygens (including phenoxy) is 3. The molecule has 35 heavy (non-hydrogen) atoms. The number of benzene rings is 2. The van der Waals surface area contributed by atoms with E-state index >= 15 is 0 Å². The quantitative estimate of drug-likeness (QED) is 0.600. The van der Waals surface area contributed by atoms with E-state index in [-0.39, 0.29) is 41.7 Å². The maximum absolute atomic E-state index is 13.5. The molecule has 2 saturated heterocycles. The molecule has 1 N–H and O–H groups in total. The number of piperidine rings is 1. The van der Waals surface area contributed by atoms with Crippen LogP contribution in [0.1, 0.15) is 57.8 Å². The average Bonchev–Trinajstić information content (AvgIpc) is 2.79. The Kier molecular flexibility index (Phi) is 5.94. The number of likely N-dealkylation sites (tertiary alicyclic amines) is 1. The number of para-hydroxylation sites is 1. The summed E-state index contributed by atoms with van der Waals surface area (Å²) in [7, 11) is 0. The number of fused-ring (bicyclic) bond motifs is 4. The van der Waals surface area contributed by atoms with Crippen LogP contribution in [0.2, 0.25) is 0 Å². The van der Waals surface area contributed by atoms with Crippen molar-refractivity contribution in [3.63, 3.8) is 0 Å². The zero-order chi connectivity index (χ0) is 25.0. The van der Waals surface area contributed by atoms with E-state index in [2.05, 4.69) is 0 Å². The number of halogens is 1. The van der Waals surface area contributed by atoms with Gasteiger partial charge in [0.05, 0.1) is 12.2 Å². The third kappa shape index (κ3) is 4.70. The SMILES string of the molecule is CC(C)(C)OC(=O)N1CC[C@@H]2O[C@@H]3c4cccc(O)c4O[C@](C)(Cc4ccc(F)cc4)[C@H]3C[C@@H]2C1. The second-order valence-electron chi connectivity index (χ2n) is 11.3. The van der Waals surface area contributed by atoms with Gasteiger partial charge in [0.15, 0.2) is 11.5 Å². The number of carbonyl (C=O) groups is 1. The summed E-state index contributed by atoms with van der Waals surface area (Å²) in [4.78, 5) is 14.5. The van der Waals surface area contributed by atoms with Gasteiger partial charge in [0.25, 0.3) is 0 Å². The largest absolute Gasteiger partial charge is 0.504 e. The predicted molar refractivity (Wildman–Crippen MR) is 129 cm³/mol. The van der Waals surface area contributed by atoms with Gasteiger partial charge >= 0.3 is 6.09 Å². The number of amides is 1. The standard InChI is InChI=1S/C28H34FNO5/c1-27(2,3)35-26(32)30-13-12-23-18(16-30)14-21-24(33-23)20-6-5-7-22(31)25(20)34-28(21,4)15-17-8-10-19(29)11-9-17/h5-11,18,21,23-24,31H,12-16H2,1-4H3/t18-,21+,23+,24-,28-/m1/s1. The molecule has 5 atom stereocenters. The Labute approximate surface area is 206 Å². The minimum absolute atomic E-state index is 0.0123. The Balaban J connectivity index is 1.44. The highest BCUT2D eigenvalue weighted by Crippen LogP contribution is 2.55. The summed E-state index contributed by atoms with van der Waals surface area (Å²) >= 11 is 0. The van der Waals surface area contributed by atoms with Crippen molar-refractivity contribution in [2.75, 3.05) is 13.1 Å². The highest BCUT2D eigenvalue weighted by Gasteiger charge is 2.54. The molecular formula is C28H34FNO5. The summed E-state index contributed by atoms with van der Waals surface area (Å²) in [5.74, 6) is 0.409. The van der Waals surface area contributed by atoms with Crippen LogP contribution in [0, 0.1) is 17.7 Å². The number of hydrogen-bond acceptors (Lipinski definition) is 5. The van der Waals surface area contributed by atoms with E-state index in [4.69, 9.17) is 14.2 Å². The first-order chi connectivity index (χ1) is 16.5. The van der Waals surface area contributed by atoms with Gasteiger partial charge in [0.2, 0.25) is 0 Å². The zero-order valence-electron chi connectivity index (χ0n) is 20.8. The van der Waals surface area contributed by atoms with Crippen LogP contribution in [0.25, 0.3) is 0 Å². The topological polar surface area (TPSA) is 68.2 Å². The van der Waals surface area contributed by atoms with Gasteiger partial charge in [0.1, 0.15) is 17.0 Å². The lowest BCUT2D eigenvalue weighted by atomic mass is 9.68. The van der Waals surface area contributed by atoms with Crippen molar-refractivity contribution >= 4 is 6.09 Å². The number of hydrogen-bond donors (Lipinski definition) is 1. The van der Waals surface area contributed by atoms with Gasteiger partial charge < -0.3 is 24.2 Å². The first-order valence-electron chi connectivity index (χ1n) is 12.4. The van der Waals surface area contributed by atoms with E-state index in [0.717, 1.165) is 24.0 Å². The van der Waals surface area contributed by atoms with E-state index < -0.39 is 11.2 Å². The lowest BCUT2D eigenvalue weighted by Crippen LogP contribution is -2.57. The second kappa shape index (κ2) is 8.70. The minimum atomic E-state index is -0.687. The molecule has 188 valence electrons. The Morgan fingerprint density at radius 1 is 1.23 bits per heavy atom. The van der Waals surface area contributed by atoms with Crippen molar-refractivity contribution in [1.29, 1.82) is 0 Å². The third-order valence-electron chi connectivity index (χ3n) is 7.48. The molecule has 0 bridgehead atoms. The van der Waals surface area contributed by atoms with Gasteiger partial charge in [-0.2, -0.15) is 0 Å². The van der Waals surface area contributed by atoms with E-state index in [1.807, 2.05) is 39.8 Å². The number of carbonyl (C=O) groups excluding carboxylic acids is 1. The fourth-order valence-electron chi connectivity index (χ4n) is 5.86. The molecule has 6 nitrogen and oxygen atoms in total. The first-order valence-corrected chi connectivity index (χ1v) is 12.4. The van der Waals surface area contributed by atoms with Crippen molar-refractivity contribution in [2.24, 2.45) is 11.8 Å². The van der Waals surface area contributed by atoms with E-state index in [0.29, 0.717) is 25.3 Å². The van der Waals surface area contributed by atoms with Crippen LogP contribution in [0.3, 0.4) is 0 Å². The van der Waals surface area contributed by atoms with Gasteiger partial charge in [-0.1, -0.05) is 24.3 Å². The molecule has 5 rings (SSSR count). The number of phenols is 1. The third-order valence-corrected chi connectivity index (χ3v) is 7.48. The number of rotatable bonds is 2. The van der Waals surface area contributed by atoms with Crippen LogP contribution < -0.4 is 4.74 Å². The maximum atomic E-state index is 13.5. The van der Waals surface area contributed by atoms with Crippen LogP contribution in [0.15, 0.2) is 42.5 Å². The molecule has 3 aliphatic rings. The molecule has 3 aliphatic heterocycles. The van der Waals surface area contributed by atoms with Crippen molar-refractivity contribution in [1.82, 2.24) is 4.90 Å². The molecule has 0 unspecified atom stereocenters. The molecule has 0 saturated carbocycles. The maximum Gasteiger partial charge on any atom is 0.410 e. The minimum Gasteiger partial charge on any atom is -0.504 e. The molecule has 2 aromatic rings. The highest BCUT2D eigenvalue weighted by molar-refractivity contribution is 5.68. The van der Waals surface area contributed by atoms with Crippen LogP contribution in [0.5, 0.6) is 11.5 Å². The van der Waals surface area contributed by atoms with Gasteiger partial charge in [-0.3, -0.25) is 0 Å². The molecule has 0 aliphatic carbocycles. The highest BCUT2D eigenvalue weighted by atomic mass is 19.1. The molecule has 2 fully saturated rings. The van der Waals surface area contributed by atoms with Crippen LogP contribution in [-0.4, -0.2) is 46.5 Å². The van der Waals surface area contributed by atoms with E-state index in [1.165, 1.54) is 12.1 Å². The fourth-order valence-corrected chi connectivity index (χ4v) is 5.86. The Morgan fingerprint density at radius 2 is 1.97 bits per heavy atom. The van der Waals surface area contributed by atoms with Crippen molar-refractivity contribution in [3.8, 4) is 11.5 Å². The van der Waals surface area contributed by atoms with Gasteiger partial charge in [-0.05, 0) is 64.3 Å². The Morgan fingerprint density at radius 3 is 2.69 bits per heavy atom. The molecule has 2 aromatic carbocycles. The van der Waals surface area contributed by atoms with Gasteiger partial charge in [0, 0.05) is 36.9 Å². The molecule has 7 heteroatoms. The monoisotopic (exact) mass is 483 g/mol. The fraction of sp³-hybridized carbons (Fsp3) is 0.536. The van der Waals surface area contributed by atoms with Crippen LogP contribution in [0.4, 0.5) is 9.18 Å². The van der Waals surface area contributed by atoms with Gasteiger partial charge in [-0.25, -0.2) is 9.18 Å². The lowest BCUT2D eigenvalue weighted by molar-refractivity contribution is -0.189. The number of aromatic hydroxyl groups is 1. The first kappa shape index (κ1) is 23.9. The smallest absolute Gasteiger partial charge is 0.410 e. The molecule has 0 aromatic heterocycles. The molecule has 1 amide bonds. The summed E-state index contributed by atoms with van der Waals surface area (Å²) in [6, 6.07) is 11.9. The summed E-state index contributed by atoms with van der Waals surface area (Å²) in [6.45, 7) is 8.82. The lowest BCUT2D eigenvalue weighted by Gasteiger charge is -2.54. The molecule has 3 heterocycles. The van der Waals surface area contributed by atoms with Crippen molar-refractivity contribution < 1.29 is 28.5 Å².